The Morgan fingerprint density at radius 2 is 2.27 bits per heavy atom. The van der Waals surface area contributed by atoms with Crippen molar-refractivity contribution in [3.05, 3.63) is 34.9 Å². The molecule has 1 aliphatic rings. The molecule has 2 N–H and O–H groups in total. The van der Waals surface area contributed by atoms with E-state index in [-0.39, 0.29) is 30.0 Å². The average molecular weight is 438 g/mol. The SMILES string of the molecule is CCN=C(NC(C)COC)NC1CC1c1cccc(Cl)c1.I. The molecule has 3 atom stereocenters. The molecule has 0 aliphatic heterocycles. The smallest absolute Gasteiger partial charge is 0.191 e. The highest BCUT2D eigenvalue weighted by atomic mass is 127. The van der Waals surface area contributed by atoms with Crippen LogP contribution in [0.25, 0.3) is 0 Å². The summed E-state index contributed by atoms with van der Waals surface area (Å²) in [6.07, 6.45) is 1.11. The van der Waals surface area contributed by atoms with Gasteiger partial charge in [-0.2, -0.15) is 0 Å². The lowest BCUT2D eigenvalue weighted by Gasteiger charge is -2.17. The molecule has 124 valence electrons. The maximum atomic E-state index is 6.05. The molecule has 0 amide bonds. The number of ether oxygens (including phenoxy) is 1. The Balaban J connectivity index is 0.00000242. The Hall–Kier alpha value is -0.530. The molecule has 3 unspecified atom stereocenters. The van der Waals surface area contributed by atoms with E-state index in [1.165, 1.54) is 5.56 Å². The Bertz CT molecular complexity index is 498. The van der Waals surface area contributed by atoms with Gasteiger partial charge in [0.1, 0.15) is 0 Å². The summed E-state index contributed by atoms with van der Waals surface area (Å²) < 4.78 is 5.15. The van der Waals surface area contributed by atoms with E-state index in [9.17, 15) is 0 Å². The Kier molecular flexibility index (Phi) is 8.49. The van der Waals surface area contributed by atoms with E-state index in [4.69, 9.17) is 16.3 Å². The molecule has 1 fully saturated rings. The van der Waals surface area contributed by atoms with Crippen LogP contribution >= 0.6 is 35.6 Å². The lowest BCUT2D eigenvalue weighted by Crippen LogP contribution is -2.45. The van der Waals surface area contributed by atoms with Gasteiger partial charge >= 0.3 is 0 Å². The van der Waals surface area contributed by atoms with Crippen LogP contribution in [-0.2, 0) is 4.74 Å². The zero-order chi connectivity index (χ0) is 15.2. The van der Waals surface area contributed by atoms with Crippen molar-refractivity contribution >= 4 is 41.5 Å². The minimum Gasteiger partial charge on any atom is -0.383 e. The lowest BCUT2D eigenvalue weighted by molar-refractivity contribution is 0.179. The first-order valence-corrected chi connectivity index (χ1v) is 7.83. The highest BCUT2D eigenvalue weighted by Crippen LogP contribution is 2.41. The first-order chi connectivity index (χ1) is 10.1. The third-order valence-corrected chi connectivity index (χ3v) is 3.74. The second kappa shape index (κ2) is 9.57. The van der Waals surface area contributed by atoms with Gasteiger partial charge in [0.2, 0.25) is 0 Å². The van der Waals surface area contributed by atoms with E-state index in [1.54, 1.807) is 7.11 Å². The van der Waals surface area contributed by atoms with Crippen LogP contribution in [0.5, 0.6) is 0 Å². The Labute approximate surface area is 155 Å². The van der Waals surface area contributed by atoms with E-state index in [2.05, 4.69) is 28.6 Å². The molecule has 0 saturated heterocycles. The van der Waals surface area contributed by atoms with Gasteiger partial charge in [0.15, 0.2) is 5.96 Å². The summed E-state index contributed by atoms with van der Waals surface area (Å²) in [5, 5.41) is 7.65. The molecule has 2 rings (SSSR count). The van der Waals surface area contributed by atoms with E-state index in [0.717, 1.165) is 23.9 Å². The molecule has 22 heavy (non-hydrogen) atoms. The first kappa shape index (κ1) is 19.5. The predicted octanol–water partition coefficient (Wildman–Crippen LogP) is 3.40. The summed E-state index contributed by atoms with van der Waals surface area (Å²) in [7, 11) is 1.71. The quantitative estimate of drug-likeness (QED) is 0.407. The summed E-state index contributed by atoms with van der Waals surface area (Å²) in [5.41, 5.74) is 1.29. The van der Waals surface area contributed by atoms with Crippen LogP contribution in [-0.4, -0.2) is 38.3 Å². The topological polar surface area (TPSA) is 45.7 Å². The van der Waals surface area contributed by atoms with Crippen molar-refractivity contribution in [2.75, 3.05) is 20.3 Å². The molecule has 0 spiro atoms. The second-order valence-corrected chi connectivity index (χ2v) is 5.91. The summed E-state index contributed by atoms with van der Waals surface area (Å²) in [5.74, 6) is 1.38. The summed E-state index contributed by atoms with van der Waals surface area (Å²) in [6.45, 7) is 5.53. The number of guanidine groups is 1. The monoisotopic (exact) mass is 437 g/mol. The number of aliphatic imine (C=N–C) groups is 1. The fraction of sp³-hybridized carbons (Fsp3) is 0.562. The largest absolute Gasteiger partial charge is 0.383 e. The van der Waals surface area contributed by atoms with Gasteiger partial charge in [-0.05, 0) is 38.0 Å². The number of methoxy groups -OCH3 is 1. The molecule has 0 heterocycles. The number of benzene rings is 1. The van der Waals surface area contributed by atoms with Gasteiger partial charge in [-0.3, -0.25) is 4.99 Å². The average Bonchev–Trinajstić information content (AvgIpc) is 3.18. The van der Waals surface area contributed by atoms with Gasteiger partial charge < -0.3 is 15.4 Å². The molecule has 6 heteroatoms. The lowest BCUT2D eigenvalue weighted by atomic mass is 10.1. The third kappa shape index (κ3) is 5.93. The molecule has 1 saturated carbocycles. The van der Waals surface area contributed by atoms with Crippen molar-refractivity contribution in [2.45, 2.75) is 38.3 Å². The number of hydrogen-bond donors (Lipinski definition) is 2. The molecule has 0 bridgehead atoms. The molecular weight excluding hydrogens is 413 g/mol. The summed E-state index contributed by atoms with van der Waals surface area (Å²) in [4.78, 5) is 4.49. The molecular formula is C16H25ClIN3O. The number of rotatable bonds is 6. The first-order valence-electron chi connectivity index (χ1n) is 7.46. The molecule has 1 aromatic carbocycles. The van der Waals surface area contributed by atoms with Gasteiger partial charge in [0.05, 0.1) is 6.61 Å². The highest BCUT2D eigenvalue weighted by molar-refractivity contribution is 14.0. The maximum absolute atomic E-state index is 6.05. The highest BCUT2D eigenvalue weighted by Gasteiger charge is 2.39. The van der Waals surface area contributed by atoms with Crippen molar-refractivity contribution in [3.8, 4) is 0 Å². The van der Waals surface area contributed by atoms with E-state index >= 15 is 0 Å². The number of halogens is 2. The fourth-order valence-electron chi connectivity index (χ4n) is 2.45. The van der Waals surface area contributed by atoms with Crippen LogP contribution in [0, 0.1) is 0 Å². The van der Waals surface area contributed by atoms with Crippen molar-refractivity contribution in [1.29, 1.82) is 0 Å². The van der Waals surface area contributed by atoms with E-state index in [0.29, 0.717) is 18.6 Å². The standard InChI is InChI=1S/C16H24ClN3O.HI/c1-4-18-16(19-11(2)10-21-3)20-15-9-14(15)12-6-5-7-13(17)8-12;/h5-8,11,14-15H,4,9-10H2,1-3H3,(H2,18,19,20);1H. The minimum absolute atomic E-state index is 0. The van der Waals surface area contributed by atoms with Crippen molar-refractivity contribution in [3.63, 3.8) is 0 Å². The van der Waals surface area contributed by atoms with Crippen molar-refractivity contribution < 1.29 is 4.74 Å². The predicted molar refractivity (Wildman–Crippen MR) is 104 cm³/mol. The van der Waals surface area contributed by atoms with E-state index < -0.39 is 0 Å². The molecule has 0 radical (unpaired) electrons. The number of nitrogens with zero attached hydrogens (tertiary/aromatic N) is 1. The van der Waals surface area contributed by atoms with Crippen LogP contribution in [0.4, 0.5) is 0 Å². The van der Waals surface area contributed by atoms with Crippen LogP contribution < -0.4 is 10.6 Å². The Morgan fingerprint density at radius 1 is 1.50 bits per heavy atom. The van der Waals surface area contributed by atoms with Crippen LogP contribution in [0.15, 0.2) is 29.3 Å². The number of hydrogen-bond acceptors (Lipinski definition) is 2. The second-order valence-electron chi connectivity index (χ2n) is 5.47. The number of nitrogens with one attached hydrogen (secondary N) is 2. The molecule has 4 nitrogen and oxygen atoms in total. The zero-order valence-electron chi connectivity index (χ0n) is 13.3. The maximum Gasteiger partial charge on any atom is 0.191 e. The van der Waals surface area contributed by atoms with Gasteiger partial charge in [-0.15, -0.1) is 24.0 Å². The third-order valence-electron chi connectivity index (χ3n) is 3.51. The van der Waals surface area contributed by atoms with Gasteiger partial charge in [0, 0.05) is 36.7 Å². The van der Waals surface area contributed by atoms with Crippen LogP contribution in [0.3, 0.4) is 0 Å². The molecule has 1 aliphatic carbocycles. The minimum atomic E-state index is 0. The molecule has 1 aromatic rings. The van der Waals surface area contributed by atoms with Gasteiger partial charge in [-0.1, -0.05) is 23.7 Å². The van der Waals surface area contributed by atoms with Gasteiger partial charge in [0.25, 0.3) is 0 Å². The van der Waals surface area contributed by atoms with Crippen LogP contribution in [0.2, 0.25) is 5.02 Å². The normalized spacial score (nSPS) is 21.7. The van der Waals surface area contributed by atoms with Crippen LogP contribution in [0.1, 0.15) is 31.7 Å². The van der Waals surface area contributed by atoms with Crippen molar-refractivity contribution in [1.82, 2.24) is 10.6 Å². The Morgan fingerprint density at radius 3 is 2.91 bits per heavy atom. The van der Waals surface area contributed by atoms with E-state index in [1.807, 2.05) is 25.1 Å². The van der Waals surface area contributed by atoms with Crippen molar-refractivity contribution in [2.24, 2.45) is 4.99 Å². The fourth-order valence-corrected chi connectivity index (χ4v) is 2.65. The summed E-state index contributed by atoms with van der Waals surface area (Å²) in [6, 6.07) is 8.76. The van der Waals surface area contributed by atoms with Gasteiger partial charge in [-0.25, -0.2) is 0 Å². The molecule has 0 aromatic heterocycles. The summed E-state index contributed by atoms with van der Waals surface area (Å²) >= 11 is 6.05. The zero-order valence-corrected chi connectivity index (χ0v) is 16.4.